The third kappa shape index (κ3) is 4.72. The van der Waals surface area contributed by atoms with Crippen LogP contribution in [-0.4, -0.2) is 43.3 Å². The molecule has 3 rings (SSSR count). The molecular formula is C16H12F6N2O4S. The number of halogens is 6. The average molecular weight is 442 g/mol. The van der Waals surface area contributed by atoms with Gasteiger partial charge in [-0.05, 0) is 24.3 Å². The number of para-hydroxylation sites is 1. The molecule has 158 valence electrons. The summed E-state index contributed by atoms with van der Waals surface area (Å²) in [6.07, 6.45) is -9.68. The Kier molecular flexibility index (Phi) is 5.38. The van der Waals surface area contributed by atoms with E-state index in [1.165, 1.54) is 12.1 Å². The summed E-state index contributed by atoms with van der Waals surface area (Å²) in [6.45, 7) is -0.729. The minimum atomic E-state index is -5.10. The van der Waals surface area contributed by atoms with Crippen LogP contribution in [-0.2, 0) is 16.2 Å². The first-order valence-corrected chi connectivity index (χ1v) is 9.36. The molecule has 0 N–H and O–H groups in total. The number of sulfonamides is 1. The van der Waals surface area contributed by atoms with Crippen LogP contribution in [0.4, 0.5) is 26.3 Å². The minimum Gasteiger partial charge on any atom is -0.471 e. The Morgan fingerprint density at radius 3 is 2.28 bits per heavy atom. The molecule has 0 atom stereocenters. The number of hydrogen-bond donors (Lipinski definition) is 0. The van der Waals surface area contributed by atoms with Crippen LogP contribution in [0.5, 0.6) is 11.6 Å². The lowest BCUT2D eigenvalue weighted by atomic mass is 10.2. The van der Waals surface area contributed by atoms with E-state index in [4.69, 9.17) is 4.74 Å². The van der Waals surface area contributed by atoms with Gasteiger partial charge in [0.1, 0.15) is 22.3 Å². The van der Waals surface area contributed by atoms with Crippen LogP contribution in [0.1, 0.15) is 5.56 Å². The fraction of sp³-hybridized carbons (Fsp3) is 0.312. The van der Waals surface area contributed by atoms with Crippen LogP contribution < -0.4 is 9.47 Å². The Bertz CT molecular complexity index is 987. The molecule has 2 aromatic rings. The van der Waals surface area contributed by atoms with E-state index in [9.17, 15) is 34.8 Å². The molecule has 29 heavy (non-hydrogen) atoms. The molecule has 1 aromatic carbocycles. The number of pyridine rings is 1. The number of aromatic nitrogens is 1. The van der Waals surface area contributed by atoms with E-state index >= 15 is 0 Å². The summed E-state index contributed by atoms with van der Waals surface area (Å²) in [7, 11) is -4.38. The zero-order valence-electron chi connectivity index (χ0n) is 14.2. The molecule has 1 aliphatic heterocycles. The fourth-order valence-corrected chi connectivity index (χ4v) is 4.16. The van der Waals surface area contributed by atoms with Gasteiger partial charge in [-0.3, -0.25) is 0 Å². The van der Waals surface area contributed by atoms with Crippen molar-refractivity contribution in [2.75, 3.05) is 13.1 Å². The van der Waals surface area contributed by atoms with E-state index in [0.29, 0.717) is 0 Å². The highest BCUT2D eigenvalue weighted by atomic mass is 32.2. The molecule has 0 radical (unpaired) electrons. The first kappa shape index (κ1) is 21.2. The smallest absolute Gasteiger partial charge is 0.471 e. The average Bonchev–Trinajstić information content (AvgIpc) is 2.56. The second kappa shape index (κ2) is 7.37. The summed E-state index contributed by atoms with van der Waals surface area (Å²) in [5.74, 6) is -1.61. The van der Waals surface area contributed by atoms with Gasteiger partial charge < -0.3 is 9.47 Å². The number of nitrogens with zero attached hydrogens (tertiary/aromatic N) is 2. The van der Waals surface area contributed by atoms with Gasteiger partial charge in [0.05, 0.1) is 13.1 Å². The second-order valence-corrected chi connectivity index (χ2v) is 7.82. The molecule has 2 heterocycles. The molecule has 0 saturated carbocycles. The van der Waals surface area contributed by atoms with Crippen LogP contribution in [0.15, 0.2) is 47.5 Å². The summed E-state index contributed by atoms with van der Waals surface area (Å²) in [4.78, 5) is 2.79. The Labute approximate surface area is 160 Å². The van der Waals surface area contributed by atoms with Crippen LogP contribution in [0, 0.1) is 0 Å². The minimum absolute atomic E-state index is 0.365. The predicted octanol–water partition coefficient (Wildman–Crippen LogP) is 3.45. The zero-order valence-corrected chi connectivity index (χ0v) is 15.1. The van der Waals surface area contributed by atoms with Gasteiger partial charge >= 0.3 is 12.5 Å². The van der Waals surface area contributed by atoms with Gasteiger partial charge in [-0.15, -0.1) is 13.2 Å². The molecule has 1 saturated heterocycles. The zero-order chi connectivity index (χ0) is 21.4. The van der Waals surface area contributed by atoms with Gasteiger partial charge in [0.2, 0.25) is 15.9 Å². The molecule has 0 bridgehead atoms. The molecule has 0 amide bonds. The van der Waals surface area contributed by atoms with Crippen molar-refractivity contribution >= 4 is 10.0 Å². The monoisotopic (exact) mass is 442 g/mol. The van der Waals surface area contributed by atoms with Crippen LogP contribution in [0.25, 0.3) is 0 Å². The van der Waals surface area contributed by atoms with Crippen molar-refractivity contribution < 1.29 is 44.2 Å². The highest BCUT2D eigenvalue weighted by Crippen LogP contribution is 2.37. The van der Waals surface area contributed by atoms with Gasteiger partial charge in [-0.25, -0.2) is 13.4 Å². The van der Waals surface area contributed by atoms with Crippen molar-refractivity contribution in [3.8, 4) is 11.6 Å². The lowest BCUT2D eigenvalue weighted by Gasteiger charge is -2.38. The Balaban J connectivity index is 1.74. The van der Waals surface area contributed by atoms with Gasteiger partial charge in [0.25, 0.3) is 0 Å². The van der Waals surface area contributed by atoms with Crippen molar-refractivity contribution in [1.82, 2.24) is 9.29 Å². The maximum atomic E-state index is 13.0. The van der Waals surface area contributed by atoms with Gasteiger partial charge in [-0.1, -0.05) is 12.1 Å². The molecule has 13 heteroatoms. The van der Waals surface area contributed by atoms with Gasteiger partial charge in [-0.2, -0.15) is 17.5 Å². The first-order valence-electron chi connectivity index (χ1n) is 7.92. The maximum Gasteiger partial charge on any atom is 0.573 e. The summed E-state index contributed by atoms with van der Waals surface area (Å²) >= 11 is 0. The molecule has 6 nitrogen and oxygen atoms in total. The Hall–Kier alpha value is -2.54. The number of ether oxygens (including phenoxy) is 2. The summed E-state index contributed by atoms with van der Waals surface area (Å²) < 4.78 is 111. The first-order chi connectivity index (χ1) is 13.4. The lowest BCUT2D eigenvalue weighted by molar-refractivity contribution is -0.275. The van der Waals surface area contributed by atoms with Crippen molar-refractivity contribution in [3.63, 3.8) is 0 Å². The van der Waals surface area contributed by atoms with E-state index in [1.54, 1.807) is 0 Å². The van der Waals surface area contributed by atoms with Gasteiger partial charge in [0.15, 0.2) is 0 Å². The molecule has 0 spiro atoms. The van der Waals surface area contributed by atoms with E-state index in [-0.39, 0.29) is 13.1 Å². The number of hydrogen-bond acceptors (Lipinski definition) is 5. The SMILES string of the molecule is O=S(=O)(c1ccccc1OC(F)(F)F)N1CC(Oc2ncccc2C(F)(F)F)C1. The van der Waals surface area contributed by atoms with Crippen molar-refractivity contribution in [1.29, 1.82) is 0 Å². The van der Waals surface area contributed by atoms with Crippen molar-refractivity contribution in [2.24, 2.45) is 0 Å². The molecular weight excluding hydrogens is 430 g/mol. The standard InChI is InChI=1S/C16H12F6N2O4S/c17-15(18,19)11-4-3-7-23-14(11)27-10-8-24(9-10)29(25,26)13-6-2-1-5-12(13)28-16(20,21)22/h1-7,10H,8-9H2. The predicted molar refractivity (Wildman–Crippen MR) is 85.5 cm³/mol. The molecule has 0 aliphatic carbocycles. The fourth-order valence-electron chi connectivity index (χ4n) is 2.54. The lowest BCUT2D eigenvalue weighted by Crippen LogP contribution is -2.56. The number of benzene rings is 1. The largest absolute Gasteiger partial charge is 0.573 e. The highest BCUT2D eigenvalue weighted by molar-refractivity contribution is 7.89. The Morgan fingerprint density at radius 2 is 1.66 bits per heavy atom. The second-order valence-electron chi connectivity index (χ2n) is 5.91. The van der Waals surface area contributed by atoms with Crippen molar-refractivity contribution in [2.45, 2.75) is 23.5 Å². The van der Waals surface area contributed by atoms with E-state index in [2.05, 4.69) is 9.72 Å². The van der Waals surface area contributed by atoms with Crippen LogP contribution in [0.3, 0.4) is 0 Å². The Morgan fingerprint density at radius 1 is 1.00 bits per heavy atom. The van der Waals surface area contributed by atoms with E-state index in [0.717, 1.165) is 34.8 Å². The summed E-state index contributed by atoms with van der Waals surface area (Å²) in [6, 6.07) is 6.00. The molecule has 0 unspecified atom stereocenters. The van der Waals surface area contributed by atoms with Crippen LogP contribution in [0.2, 0.25) is 0 Å². The van der Waals surface area contributed by atoms with Crippen LogP contribution >= 0.6 is 0 Å². The number of alkyl halides is 6. The summed E-state index contributed by atoms with van der Waals surface area (Å²) in [5, 5.41) is 0. The topological polar surface area (TPSA) is 68.7 Å². The third-order valence-corrected chi connectivity index (χ3v) is 5.73. The van der Waals surface area contributed by atoms with Gasteiger partial charge in [0, 0.05) is 6.20 Å². The molecule has 1 fully saturated rings. The normalized spacial score (nSPS) is 16.3. The third-order valence-electron chi connectivity index (χ3n) is 3.86. The van der Waals surface area contributed by atoms with E-state index in [1.807, 2.05) is 0 Å². The summed E-state index contributed by atoms with van der Waals surface area (Å²) in [5.41, 5.74) is -1.12. The van der Waals surface area contributed by atoms with E-state index < -0.39 is 50.8 Å². The quantitative estimate of drug-likeness (QED) is 0.664. The number of rotatable bonds is 5. The molecule has 1 aliphatic rings. The molecule has 1 aromatic heterocycles. The maximum absolute atomic E-state index is 13.0. The highest BCUT2D eigenvalue weighted by Gasteiger charge is 2.43. The van der Waals surface area contributed by atoms with Crippen molar-refractivity contribution in [3.05, 3.63) is 48.2 Å².